The molecule has 2 aliphatic rings. The number of piperidine rings is 1. The van der Waals surface area contributed by atoms with E-state index in [-0.39, 0.29) is 49.1 Å². The molecule has 2 heterocycles. The minimum absolute atomic E-state index is 0.0563. The van der Waals surface area contributed by atoms with Crippen molar-refractivity contribution >= 4 is 15.7 Å². The maximum absolute atomic E-state index is 13.1. The molecule has 0 bridgehead atoms. The highest BCUT2D eigenvalue weighted by atomic mass is 32.2. The zero-order chi connectivity index (χ0) is 20.0. The lowest BCUT2D eigenvalue weighted by atomic mass is 9.74. The van der Waals surface area contributed by atoms with E-state index in [2.05, 4.69) is 0 Å². The van der Waals surface area contributed by atoms with Crippen molar-refractivity contribution in [2.24, 2.45) is 11.3 Å². The van der Waals surface area contributed by atoms with Gasteiger partial charge in [0.25, 0.3) is 5.69 Å². The van der Waals surface area contributed by atoms with Crippen LogP contribution in [0.5, 0.6) is 11.5 Å². The minimum Gasteiger partial charge on any atom is -0.486 e. The second-order valence-corrected chi connectivity index (χ2v) is 9.82. The number of hydrogen-bond acceptors (Lipinski definition) is 7. The van der Waals surface area contributed by atoms with E-state index in [9.17, 15) is 23.6 Å². The van der Waals surface area contributed by atoms with E-state index in [1.165, 1.54) is 0 Å². The quantitative estimate of drug-likeness (QED) is 0.607. The van der Waals surface area contributed by atoms with Crippen molar-refractivity contribution in [1.29, 1.82) is 0 Å². The van der Waals surface area contributed by atoms with Gasteiger partial charge in [0, 0.05) is 19.2 Å². The number of nitrogens with zero attached hydrogens (tertiary/aromatic N) is 2. The molecule has 1 saturated heterocycles. The fourth-order valence-electron chi connectivity index (χ4n) is 3.68. The molecule has 0 aromatic heterocycles. The van der Waals surface area contributed by atoms with E-state index >= 15 is 0 Å². The van der Waals surface area contributed by atoms with Gasteiger partial charge < -0.3 is 14.6 Å². The molecule has 9 nitrogen and oxygen atoms in total. The van der Waals surface area contributed by atoms with Crippen molar-refractivity contribution < 1.29 is 27.9 Å². The summed E-state index contributed by atoms with van der Waals surface area (Å²) in [6, 6.07) is 2.23. The van der Waals surface area contributed by atoms with Crippen LogP contribution in [0.1, 0.15) is 27.2 Å². The maximum atomic E-state index is 13.1. The number of ether oxygens (including phenoxy) is 2. The summed E-state index contributed by atoms with van der Waals surface area (Å²) in [5.74, 6) is 0.258. The van der Waals surface area contributed by atoms with Crippen molar-refractivity contribution in [1.82, 2.24) is 4.31 Å². The molecular formula is C17H24N2O7S. The number of aliphatic hydroxyl groups is 1. The van der Waals surface area contributed by atoms with Gasteiger partial charge in [-0.3, -0.25) is 10.1 Å². The van der Waals surface area contributed by atoms with Gasteiger partial charge in [-0.25, -0.2) is 8.42 Å². The Morgan fingerprint density at radius 3 is 2.33 bits per heavy atom. The van der Waals surface area contributed by atoms with E-state index < -0.39 is 31.6 Å². The highest BCUT2D eigenvalue weighted by Crippen LogP contribution is 2.41. The van der Waals surface area contributed by atoms with Gasteiger partial charge in [-0.2, -0.15) is 4.31 Å². The summed E-state index contributed by atoms with van der Waals surface area (Å²) in [7, 11) is -4.18. The number of nitro groups is 1. The summed E-state index contributed by atoms with van der Waals surface area (Å²) >= 11 is 0. The van der Waals surface area contributed by atoms with Gasteiger partial charge in [0.2, 0.25) is 10.0 Å². The number of benzene rings is 1. The predicted molar refractivity (Wildman–Crippen MR) is 96.4 cm³/mol. The fraction of sp³-hybridized carbons (Fsp3) is 0.647. The van der Waals surface area contributed by atoms with Crippen molar-refractivity contribution in [2.75, 3.05) is 26.3 Å². The molecule has 3 rings (SSSR count). The molecule has 27 heavy (non-hydrogen) atoms. The molecule has 150 valence electrons. The average molecular weight is 400 g/mol. The predicted octanol–water partition coefficient (Wildman–Crippen LogP) is 1.78. The lowest BCUT2D eigenvalue weighted by Crippen LogP contribution is -2.49. The van der Waals surface area contributed by atoms with E-state index in [1.54, 1.807) is 0 Å². The second kappa shape index (κ2) is 6.92. The molecule has 0 aliphatic carbocycles. The van der Waals surface area contributed by atoms with Crippen molar-refractivity contribution in [3.63, 3.8) is 0 Å². The molecular weight excluding hydrogens is 376 g/mol. The third-order valence-electron chi connectivity index (χ3n) is 5.10. The smallest absolute Gasteiger partial charge is 0.293 e. The van der Waals surface area contributed by atoms with E-state index in [0.717, 1.165) is 16.4 Å². The molecule has 0 amide bonds. The number of nitro benzene ring substituents is 1. The van der Waals surface area contributed by atoms with Crippen molar-refractivity contribution in [2.45, 2.75) is 38.2 Å². The summed E-state index contributed by atoms with van der Waals surface area (Å²) in [5.41, 5.74) is -0.732. The molecule has 1 fully saturated rings. The molecule has 0 saturated carbocycles. The lowest BCUT2D eigenvalue weighted by molar-refractivity contribution is -0.388. The van der Waals surface area contributed by atoms with Gasteiger partial charge in [0.15, 0.2) is 16.4 Å². The second-order valence-electron chi connectivity index (χ2n) is 7.91. The number of rotatable bonds is 3. The number of aliphatic hydroxyl groups excluding tert-OH is 1. The standard InChI is InChI=1S/C17H24N2O7S/c1-17(2,3)11-4-5-18(10-13(11)20)27(23,24)16-9-15-14(25-6-7-26-15)8-12(16)19(21)22/h8-9,11,13,20H,4-7,10H2,1-3H3. The molecule has 1 aromatic rings. The summed E-state index contributed by atoms with van der Waals surface area (Å²) in [4.78, 5) is 10.3. The molecule has 2 atom stereocenters. The van der Waals surface area contributed by atoms with Crippen LogP contribution in [0.4, 0.5) is 5.69 Å². The van der Waals surface area contributed by atoms with Crippen LogP contribution in [-0.4, -0.2) is 55.2 Å². The van der Waals surface area contributed by atoms with Crippen LogP contribution in [0, 0.1) is 21.4 Å². The molecule has 2 aliphatic heterocycles. The zero-order valence-corrected chi connectivity index (χ0v) is 16.4. The largest absolute Gasteiger partial charge is 0.486 e. The summed E-state index contributed by atoms with van der Waals surface area (Å²) < 4.78 is 38.0. The number of hydrogen-bond donors (Lipinski definition) is 1. The van der Waals surface area contributed by atoms with Crippen LogP contribution in [0.3, 0.4) is 0 Å². The Kier molecular flexibility index (Phi) is 5.08. The zero-order valence-electron chi connectivity index (χ0n) is 15.5. The van der Waals surface area contributed by atoms with Crippen LogP contribution >= 0.6 is 0 Å². The van der Waals surface area contributed by atoms with Gasteiger partial charge in [0.05, 0.1) is 17.1 Å². The number of β-amino-alcohol motifs (C(OH)–C–C–N with tert-alkyl or cyclic N) is 1. The van der Waals surface area contributed by atoms with Gasteiger partial charge in [-0.1, -0.05) is 20.8 Å². The molecule has 10 heteroatoms. The first kappa shape index (κ1) is 19.8. The third-order valence-corrected chi connectivity index (χ3v) is 6.99. The van der Waals surface area contributed by atoms with E-state index in [1.807, 2.05) is 20.8 Å². The first-order valence-electron chi connectivity index (χ1n) is 8.78. The molecule has 0 radical (unpaired) electrons. The molecule has 2 unspecified atom stereocenters. The maximum Gasteiger partial charge on any atom is 0.293 e. The average Bonchev–Trinajstić information content (AvgIpc) is 2.59. The molecule has 1 aromatic carbocycles. The third kappa shape index (κ3) is 3.74. The molecule has 0 spiro atoms. The number of sulfonamides is 1. The highest BCUT2D eigenvalue weighted by Gasteiger charge is 2.42. The highest BCUT2D eigenvalue weighted by molar-refractivity contribution is 7.89. The Bertz CT molecular complexity index is 848. The molecule has 1 N–H and O–H groups in total. The van der Waals surface area contributed by atoms with Gasteiger partial charge >= 0.3 is 0 Å². The van der Waals surface area contributed by atoms with Crippen LogP contribution in [0.15, 0.2) is 17.0 Å². The normalized spacial score (nSPS) is 23.9. The first-order chi connectivity index (χ1) is 12.5. The van der Waals surface area contributed by atoms with Gasteiger partial charge in [0.1, 0.15) is 13.2 Å². The Morgan fingerprint density at radius 2 is 1.81 bits per heavy atom. The van der Waals surface area contributed by atoms with Crippen LogP contribution in [0.2, 0.25) is 0 Å². The van der Waals surface area contributed by atoms with Crippen molar-refractivity contribution in [3.05, 3.63) is 22.2 Å². The topological polar surface area (TPSA) is 119 Å². The Balaban J connectivity index is 1.97. The lowest BCUT2D eigenvalue weighted by Gasteiger charge is -2.41. The number of fused-ring (bicyclic) bond motifs is 1. The van der Waals surface area contributed by atoms with Crippen LogP contribution < -0.4 is 9.47 Å². The Morgan fingerprint density at radius 1 is 1.22 bits per heavy atom. The van der Waals surface area contributed by atoms with Gasteiger partial charge in [-0.05, 0) is 17.8 Å². The summed E-state index contributed by atoms with van der Waals surface area (Å²) in [6.07, 6.45) is -0.368. The van der Waals surface area contributed by atoms with E-state index in [0.29, 0.717) is 6.42 Å². The SMILES string of the molecule is CC(C)(C)C1CCN(S(=O)(=O)c2cc3c(cc2[N+](=O)[O-])OCCO3)CC1O. The summed E-state index contributed by atoms with van der Waals surface area (Å²) in [5, 5.41) is 21.9. The van der Waals surface area contributed by atoms with Gasteiger partial charge in [-0.15, -0.1) is 0 Å². The van der Waals surface area contributed by atoms with Crippen LogP contribution in [-0.2, 0) is 10.0 Å². The van der Waals surface area contributed by atoms with E-state index in [4.69, 9.17) is 9.47 Å². The fourth-order valence-corrected chi connectivity index (χ4v) is 5.31. The van der Waals surface area contributed by atoms with Crippen molar-refractivity contribution in [3.8, 4) is 11.5 Å². The Hall–Kier alpha value is -1.91. The van der Waals surface area contributed by atoms with Crippen LogP contribution in [0.25, 0.3) is 0 Å². The Labute approximate surface area is 158 Å². The minimum atomic E-state index is -4.18. The summed E-state index contributed by atoms with van der Waals surface area (Å²) in [6.45, 7) is 6.55. The first-order valence-corrected chi connectivity index (χ1v) is 10.2. The monoisotopic (exact) mass is 400 g/mol.